The normalized spacial score (nSPS) is 34.3. The van der Waals surface area contributed by atoms with Crippen LogP contribution in [0.5, 0.6) is 0 Å². The third-order valence-electron chi connectivity index (χ3n) is 5.29. The number of nitrogens with two attached hydrogens (primary N) is 1. The monoisotopic (exact) mass is 285 g/mol. The standard InChI is InChI=1S/C15H27NO2S/c16-14(12-1-6-17-7-2-12)13-3-8-18-15(11-13)4-9-19-10-5-15/h12-14H,1-11,16H2. The second kappa shape index (κ2) is 6.33. The zero-order valence-electron chi connectivity index (χ0n) is 11.8. The van der Waals surface area contributed by atoms with Crippen molar-refractivity contribution in [2.24, 2.45) is 17.6 Å². The zero-order chi connectivity index (χ0) is 13.1. The molecule has 0 saturated carbocycles. The molecule has 0 aliphatic carbocycles. The quantitative estimate of drug-likeness (QED) is 0.846. The van der Waals surface area contributed by atoms with E-state index in [0.717, 1.165) is 39.1 Å². The van der Waals surface area contributed by atoms with Gasteiger partial charge in [-0.3, -0.25) is 0 Å². The maximum absolute atomic E-state index is 6.60. The molecule has 3 fully saturated rings. The first-order valence-electron chi connectivity index (χ1n) is 7.84. The first-order chi connectivity index (χ1) is 9.29. The summed E-state index contributed by atoms with van der Waals surface area (Å²) < 4.78 is 11.6. The van der Waals surface area contributed by atoms with E-state index in [1.165, 1.54) is 30.8 Å². The topological polar surface area (TPSA) is 44.5 Å². The zero-order valence-corrected chi connectivity index (χ0v) is 12.6. The largest absolute Gasteiger partial charge is 0.381 e. The highest BCUT2D eigenvalue weighted by atomic mass is 32.2. The minimum Gasteiger partial charge on any atom is -0.381 e. The van der Waals surface area contributed by atoms with Crippen LogP contribution in [-0.2, 0) is 9.47 Å². The molecule has 0 radical (unpaired) electrons. The van der Waals surface area contributed by atoms with E-state index in [-0.39, 0.29) is 5.60 Å². The van der Waals surface area contributed by atoms with Crippen molar-refractivity contribution < 1.29 is 9.47 Å². The van der Waals surface area contributed by atoms with E-state index >= 15 is 0 Å². The number of hydrogen-bond donors (Lipinski definition) is 1. The summed E-state index contributed by atoms with van der Waals surface area (Å²) in [6, 6.07) is 0.360. The predicted octanol–water partition coefficient (Wildman–Crippen LogP) is 2.43. The van der Waals surface area contributed by atoms with Crippen LogP contribution in [0.15, 0.2) is 0 Å². The van der Waals surface area contributed by atoms with E-state index in [1.54, 1.807) is 0 Å². The molecule has 0 aromatic rings. The van der Waals surface area contributed by atoms with Crippen LogP contribution in [0.4, 0.5) is 0 Å². The average Bonchev–Trinajstić information content (AvgIpc) is 2.48. The molecule has 1 spiro atoms. The molecule has 3 nitrogen and oxygen atoms in total. The molecule has 2 atom stereocenters. The van der Waals surface area contributed by atoms with Gasteiger partial charge in [-0.05, 0) is 61.9 Å². The first-order valence-corrected chi connectivity index (χ1v) is 9.00. The molecule has 3 saturated heterocycles. The maximum atomic E-state index is 6.60. The van der Waals surface area contributed by atoms with Gasteiger partial charge in [0.2, 0.25) is 0 Å². The third-order valence-corrected chi connectivity index (χ3v) is 6.28. The Balaban J connectivity index is 1.60. The Hall–Kier alpha value is 0.230. The van der Waals surface area contributed by atoms with Gasteiger partial charge in [-0.15, -0.1) is 0 Å². The van der Waals surface area contributed by atoms with Crippen molar-refractivity contribution in [3.63, 3.8) is 0 Å². The Morgan fingerprint density at radius 1 is 1.00 bits per heavy atom. The van der Waals surface area contributed by atoms with Crippen LogP contribution in [0.3, 0.4) is 0 Å². The second-order valence-corrected chi connectivity index (χ2v) is 7.65. The van der Waals surface area contributed by atoms with E-state index in [9.17, 15) is 0 Å². The fraction of sp³-hybridized carbons (Fsp3) is 1.00. The van der Waals surface area contributed by atoms with Crippen molar-refractivity contribution in [2.75, 3.05) is 31.3 Å². The van der Waals surface area contributed by atoms with Crippen molar-refractivity contribution in [3.8, 4) is 0 Å². The van der Waals surface area contributed by atoms with Gasteiger partial charge in [0.1, 0.15) is 0 Å². The van der Waals surface area contributed by atoms with Gasteiger partial charge in [-0.25, -0.2) is 0 Å². The molecule has 3 heterocycles. The van der Waals surface area contributed by atoms with E-state index in [2.05, 4.69) is 11.8 Å². The molecule has 2 unspecified atom stereocenters. The van der Waals surface area contributed by atoms with E-state index in [4.69, 9.17) is 15.2 Å². The van der Waals surface area contributed by atoms with Gasteiger partial charge in [-0.1, -0.05) is 0 Å². The minimum atomic E-state index is 0.178. The minimum absolute atomic E-state index is 0.178. The smallest absolute Gasteiger partial charge is 0.0701 e. The molecule has 0 aromatic carbocycles. The summed E-state index contributed by atoms with van der Waals surface area (Å²) >= 11 is 2.07. The first kappa shape index (κ1) is 14.2. The van der Waals surface area contributed by atoms with Crippen LogP contribution in [0.1, 0.15) is 38.5 Å². The Morgan fingerprint density at radius 3 is 2.42 bits per heavy atom. The molecular weight excluding hydrogens is 258 g/mol. The van der Waals surface area contributed by atoms with Gasteiger partial charge in [0.15, 0.2) is 0 Å². The SMILES string of the molecule is NC(C1CCOCC1)C1CCOC2(CCSCC2)C1. The summed E-state index contributed by atoms with van der Waals surface area (Å²) in [6.45, 7) is 2.74. The van der Waals surface area contributed by atoms with Crippen molar-refractivity contribution in [3.05, 3.63) is 0 Å². The Bertz CT molecular complexity index is 282. The predicted molar refractivity (Wildman–Crippen MR) is 79.5 cm³/mol. The Labute approximate surface area is 121 Å². The molecule has 3 aliphatic heterocycles. The van der Waals surface area contributed by atoms with Crippen LogP contribution in [0.25, 0.3) is 0 Å². The van der Waals surface area contributed by atoms with Crippen LogP contribution in [0.2, 0.25) is 0 Å². The van der Waals surface area contributed by atoms with Gasteiger partial charge in [0, 0.05) is 25.9 Å². The molecule has 0 aromatic heterocycles. The van der Waals surface area contributed by atoms with E-state index < -0.39 is 0 Å². The number of ether oxygens (including phenoxy) is 2. The van der Waals surface area contributed by atoms with Crippen molar-refractivity contribution >= 4 is 11.8 Å². The number of hydrogen-bond acceptors (Lipinski definition) is 4. The Morgan fingerprint density at radius 2 is 1.68 bits per heavy atom. The fourth-order valence-electron chi connectivity index (χ4n) is 3.97. The van der Waals surface area contributed by atoms with E-state index in [1.807, 2.05) is 0 Å². The van der Waals surface area contributed by atoms with Gasteiger partial charge in [0.25, 0.3) is 0 Å². The fourth-order valence-corrected chi connectivity index (χ4v) is 5.21. The number of rotatable bonds is 2. The van der Waals surface area contributed by atoms with Crippen LogP contribution in [-0.4, -0.2) is 43.0 Å². The summed E-state index contributed by atoms with van der Waals surface area (Å²) in [5, 5.41) is 0. The van der Waals surface area contributed by atoms with Crippen molar-refractivity contribution in [1.29, 1.82) is 0 Å². The molecule has 0 amide bonds. The summed E-state index contributed by atoms with van der Waals surface area (Å²) in [7, 11) is 0. The summed E-state index contributed by atoms with van der Waals surface area (Å²) in [5.74, 6) is 3.87. The van der Waals surface area contributed by atoms with Crippen LogP contribution >= 0.6 is 11.8 Å². The molecule has 2 N–H and O–H groups in total. The second-order valence-electron chi connectivity index (χ2n) is 6.42. The lowest BCUT2D eigenvalue weighted by Crippen LogP contribution is -2.49. The molecule has 110 valence electrons. The van der Waals surface area contributed by atoms with Gasteiger partial charge < -0.3 is 15.2 Å². The molecule has 0 bridgehead atoms. The van der Waals surface area contributed by atoms with Crippen molar-refractivity contribution in [2.45, 2.75) is 50.2 Å². The molecule has 19 heavy (non-hydrogen) atoms. The molecule has 3 aliphatic rings. The van der Waals surface area contributed by atoms with Crippen LogP contribution < -0.4 is 5.73 Å². The van der Waals surface area contributed by atoms with Crippen LogP contribution in [0, 0.1) is 11.8 Å². The summed E-state index contributed by atoms with van der Waals surface area (Å²) in [5.41, 5.74) is 6.77. The van der Waals surface area contributed by atoms with Gasteiger partial charge >= 0.3 is 0 Å². The lowest BCUT2D eigenvalue weighted by atomic mass is 9.74. The lowest BCUT2D eigenvalue weighted by molar-refractivity contribution is -0.109. The summed E-state index contributed by atoms with van der Waals surface area (Å²) in [4.78, 5) is 0. The number of thioether (sulfide) groups is 1. The molecule has 3 rings (SSSR count). The highest BCUT2D eigenvalue weighted by molar-refractivity contribution is 7.99. The summed E-state index contributed by atoms with van der Waals surface area (Å²) in [6.07, 6.45) is 7.13. The Kier molecular flexibility index (Phi) is 4.73. The highest BCUT2D eigenvalue weighted by Crippen LogP contribution is 2.41. The van der Waals surface area contributed by atoms with E-state index in [0.29, 0.717) is 17.9 Å². The maximum Gasteiger partial charge on any atom is 0.0701 e. The molecular formula is C15H27NO2S. The molecule has 4 heteroatoms. The lowest BCUT2D eigenvalue weighted by Gasteiger charge is -2.46. The highest BCUT2D eigenvalue weighted by Gasteiger charge is 2.41. The average molecular weight is 285 g/mol. The third kappa shape index (κ3) is 3.29. The van der Waals surface area contributed by atoms with Gasteiger partial charge in [0.05, 0.1) is 5.60 Å². The van der Waals surface area contributed by atoms with Gasteiger partial charge in [-0.2, -0.15) is 11.8 Å². The van der Waals surface area contributed by atoms with Crippen molar-refractivity contribution in [1.82, 2.24) is 0 Å².